The molecule has 3 nitrogen and oxygen atoms in total. The van der Waals surface area contributed by atoms with Crippen molar-refractivity contribution in [3.8, 4) is 22.3 Å². The lowest BCUT2D eigenvalue weighted by atomic mass is 9.79. The zero-order valence-electron chi connectivity index (χ0n) is 18.2. The van der Waals surface area contributed by atoms with E-state index in [4.69, 9.17) is 0 Å². The Labute approximate surface area is 178 Å². The summed E-state index contributed by atoms with van der Waals surface area (Å²) in [4.78, 5) is 26.3. The molecule has 3 aromatic carbocycles. The van der Waals surface area contributed by atoms with Gasteiger partial charge in [-0.05, 0) is 66.6 Å². The van der Waals surface area contributed by atoms with E-state index >= 15 is 0 Å². The Balaban J connectivity index is 2.15. The Morgan fingerprint density at radius 3 is 2.27 bits per heavy atom. The summed E-state index contributed by atoms with van der Waals surface area (Å²) in [6, 6.07) is 16.7. The minimum absolute atomic E-state index is 0.0147. The van der Waals surface area contributed by atoms with Crippen LogP contribution in [0.2, 0.25) is 0 Å². The first kappa shape index (κ1) is 20.1. The van der Waals surface area contributed by atoms with Gasteiger partial charge in [-0.1, -0.05) is 54.1 Å². The van der Waals surface area contributed by atoms with Crippen molar-refractivity contribution in [1.82, 2.24) is 0 Å². The number of anilines is 1. The van der Waals surface area contributed by atoms with Crippen LogP contribution in [0.25, 0.3) is 22.3 Å². The van der Waals surface area contributed by atoms with Crippen LogP contribution in [0.3, 0.4) is 0 Å². The van der Waals surface area contributed by atoms with Crippen molar-refractivity contribution in [3.63, 3.8) is 0 Å². The Kier molecular flexibility index (Phi) is 5.07. The van der Waals surface area contributed by atoms with Crippen molar-refractivity contribution in [2.24, 2.45) is 0 Å². The maximum Gasteiger partial charge on any atom is 0.224 e. The maximum atomic E-state index is 12.8. The summed E-state index contributed by atoms with van der Waals surface area (Å²) in [5, 5.41) is 0. The summed E-state index contributed by atoms with van der Waals surface area (Å²) >= 11 is 0. The average molecular weight is 398 g/mol. The molecule has 1 amide bonds. The first-order chi connectivity index (χ1) is 14.4. The summed E-state index contributed by atoms with van der Waals surface area (Å²) in [5.41, 5.74) is 10.9. The number of benzene rings is 3. The Morgan fingerprint density at radius 2 is 1.63 bits per heavy atom. The van der Waals surface area contributed by atoms with Gasteiger partial charge in [-0.2, -0.15) is 0 Å². The fourth-order valence-electron chi connectivity index (χ4n) is 4.98. The molecule has 0 saturated heterocycles. The smallest absolute Gasteiger partial charge is 0.224 e. The summed E-state index contributed by atoms with van der Waals surface area (Å²) in [7, 11) is 0. The fraction of sp³-hybridized carbons (Fsp3) is 0.259. The van der Waals surface area contributed by atoms with Crippen LogP contribution in [0.15, 0.2) is 48.5 Å². The van der Waals surface area contributed by atoms with Crippen LogP contribution in [0, 0.1) is 20.8 Å². The van der Waals surface area contributed by atoms with Crippen LogP contribution in [0.1, 0.15) is 47.7 Å². The van der Waals surface area contributed by atoms with Crippen LogP contribution in [-0.2, 0) is 16.0 Å². The molecule has 0 aromatic heterocycles. The third-order valence-electron chi connectivity index (χ3n) is 6.37. The second-order valence-electron chi connectivity index (χ2n) is 8.22. The molecule has 0 aliphatic carbocycles. The first-order valence-corrected chi connectivity index (χ1v) is 10.4. The summed E-state index contributed by atoms with van der Waals surface area (Å²) < 4.78 is 0. The topological polar surface area (TPSA) is 37.4 Å². The molecule has 0 fully saturated rings. The van der Waals surface area contributed by atoms with Crippen molar-refractivity contribution in [3.05, 3.63) is 76.3 Å². The van der Waals surface area contributed by atoms with Gasteiger partial charge in [0.05, 0.1) is 11.7 Å². The van der Waals surface area contributed by atoms with Gasteiger partial charge < -0.3 is 9.69 Å². The number of carbonyl (C=O) groups excluding carboxylic acids is 2. The predicted octanol–water partition coefficient (Wildman–Crippen LogP) is 6.11. The van der Waals surface area contributed by atoms with Crippen molar-refractivity contribution < 1.29 is 9.59 Å². The molecule has 1 aliphatic rings. The van der Waals surface area contributed by atoms with Gasteiger partial charge in [0.25, 0.3) is 0 Å². The molecule has 0 N–H and O–H groups in total. The highest BCUT2D eigenvalue weighted by Crippen LogP contribution is 2.51. The highest BCUT2D eigenvalue weighted by Gasteiger charge is 2.35. The van der Waals surface area contributed by atoms with Gasteiger partial charge in [-0.15, -0.1) is 0 Å². The molecule has 30 heavy (non-hydrogen) atoms. The quantitative estimate of drug-likeness (QED) is 0.500. The van der Waals surface area contributed by atoms with Gasteiger partial charge >= 0.3 is 0 Å². The van der Waals surface area contributed by atoms with E-state index in [-0.39, 0.29) is 11.9 Å². The number of aldehydes is 1. The van der Waals surface area contributed by atoms with Crippen molar-refractivity contribution in [1.29, 1.82) is 0 Å². The summed E-state index contributed by atoms with van der Waals surface area (Å²) in [5.74, 6) is 0.0147. The van der Waals surface area contributed by atoms with Gasteiger partial charge in [0, 0.05) is 18.9 Å². The zero-order chi connectivity index (χ0) is 21.6. The third-order valence-corrected chi connectivity index (χ3v) is 6.37. The molecule has 152 valence electrons. The van der Waals surface area contributed by atoms with Crippen molar-refractivity contribution in [2.75, 3.05) is 4.90 Å². The fourth-order valence-corrected chi connectivity index (χ4v) is 4.98. The number of nitrogens with zero attached hydrogens (tertiary/aromatic N) is 1. The van der Waals surface area contributed by atoms with Gasteiger partial charge in [-0.3, -0.25) is 4.79 Å². The van der Waals surface area contributed by atoms with E-state index in [1.54, 1.807) is 6.92 Å². The molecule has 1 heterocycles. The number of hydrogen-bond acceptors (Lipinski definition) is 2. The Morgan fingerprint density at radius 1 is 0.967 bits per heavy atom. The molecule has 0 spiro atoms. The lowest BCUT2D eigenvalue weighted by molar-refractivity contribution is -0.117. The van der Waals surface area contributed by atoms with Gasteiger partial charge in [0.15, 0.2) is 0 Å². The van der Waals surface area contributed by atoms with Crippen molar-refractivity contribution in [2.45, 2.75) is 47.1 Å². The standard InChI is InChI=1S/C27H27NO2/c1-16-10-12-21(13-11-16)25-18(3)26-24-9-7-6-8-23(24)19(4)28(20(5)30)27(26)17(2)22(25)14-15-29/h6-13,15,19H,14H2,1-5H3/t19-/m0/s1. The van der Waals surface area contributed by atoms with E-state index in [2.05, 4.69) is 63.2 Å². The maximum absolute atomic E-state index is 12.8. The second-order valence-corrected chi connectivity index (χ2v) is 8.22. The van der Waals surface area contributed by atoms with E-state index < -0.39 is 0 Å². The van der Waals surface area contributed by atoms with Crippen LogP contribution < -0.4 is 4.90 Å². The van der Waals surface area contributed by atoms with Gasteiger partial charge in [0.1, 0.15) is 6.29 Å². The minimum atomic E-state index is -0.0568. The number of amides is 1. The summed E-state index contributed by atoms with van der Waals surface area (Å²) in [6.07, 6.45) is 1.29. The molecule has 3 heteroatoms. The lowest BCUT2D eigenvalue weighted by Gasteiger charge is -2.39. The van der Waals surface area contributed by atoms with Crippen molar-refractivity contribution >= 4 is 17.9 Å². The highest BCUT2D eigenvalue weighted by atomic mass is 16.2. The van der Waals surface area contributed by atoms with Crippen LogP contribution in [0.5, 0.6) is 0 Å². The second kappa shape index (κ2) is 7.56. The molecule has 0 bridgehead atoms. The minimum Gasteiger partial charge on any atom is -0.305 e. The average Bonchev–Trinajstić information content (AvgIpc) is 2.72. The van der Waals surface area contributed by atoms with E-state index in [0.717, 1.165) is 50.9 Å². The first-order valence-electron chi connectivity index (χ1n) is 10.4. The number of rotatable bonds is 3. The number of aryl methyl sites for hydroxylation is 1. The summed E-state index contributed by atoms with van der Waals surface area (Å²) in [6.45, 7) is 9.93. The molecule has 3 aromatic rings. The Bertz CT molecular complexity index is 1160. The number of fused-ring (bicyclic) bond motifs is 3. The van der Waals surface area contributed by atoms with Crippen LogP contribution in [-0.4, -0.2) is 12.2 Å². The van der Waals surface area contributed by atoms with Gasteiger partial charge in [0.2, 0.25) is 5.91 Å². The molecule has 1 atom stereocenters. The van der Waals surface area contributed by atoms with Crippen LogP contribution >= 0.6 is 0 Å². The molecule has 0 radical (unpaired) electrons. The SMILES string of the molecule is CC(=O)N1c2c(C)c(CC=O)c(-c3ccc(C)cc3)c(C)c2-c2ccccc2[C@@H]1C. The molecule has 4 rings (SSSR count). The molecule has 0 unspecified atom stereocenters. The van der Waals surface area contributed by atoms with E-state index in [9.17, 15) is 9.59 Å². The number of hydrogen-bond donors (Lipinski definition) is 0. The third kappa shape index (κ3) is 2.97. The normalized spacial score (nSPS) is 14.8. The zero-order valence-corrected chi connectivity index (χ0v) is 18.2. The molecule has 1 aliphatic heterocycles. The Hall–Kier alpha value is -3.20. The number of carbonyl (C=O) groups is 2. The largest absolute Gasteiger partial charge is 0.305 e. The van der Waals surface area contributed by atoms with E-state index in [0.29, 0.717) is 6.42 Å². The van der Waals surface area contributed by atoms with Crippen LogP contribution in [0.4, 0.5) is 5.69 Å². The van der Waals surface area contributed by atoms with Gasteiger partial charge in [-0.25, -0.2) is 0 Å². The predicted molar refractivity (Wildman–Crippen MR) is 123 cm³/mol. The monoisotopic (exact) mass is 397 g/mol. The lowest BCUT2D eigenvalue weighted by Crippen LogP contribution is -2.35. The molecular weight excluding hydrogens is 370 g/mol. The van der Waals surface area contributed by atoms with E-state index in [1.165, 1.54) is 11.1 Å². The molecule has 0 saturated carbocycles. The molecular formula is C27H27NO2. The van der Waals surface area contributed by atoms with E-state index in [1.807, 2.05) is 17.9 Å². The highest BCUT2D eigenvalue weighted by molar-refractivity contribution is 6.04.